The van der Waals surface area contributed by atoms with E-state index in [0.29, 0.717) is 10.6 Å². The molecule has 0 bridgehead atoms. The molecule has 0 spiro atoms. The Bertz CT molecular complexity index is 601. The van der Waals surface area contributed by atoms with Crippen LogP contribution in [0.3, 0.4) is 0 Å². The van der Waals surface area contributed by atoms with Crippen LogP contribution in [0.1, 0.15) is 35.3 Å². The van der Waals surface area contributed by atoms with E-state index in [1.807, 2.05) is 43.3 Å². The van der Waals surface area contributed by atoms with Crippen LogP contribution in [0, 0.1) is 0 Å². The van der Waals surface area contributed by atoms with Crippen LogP contribution < -0.4 is 5.32 Å². The third-order valence-corrected chi connectivity index (χ3v) is 4.41. The average Bonchev–Trinajstić information content (AvgIpc) is 2.48. The summed E-state index contributed by atoms with van der Waals surface area (Å²) in [5, 5.41) is 3.46. The fourth-order valence-corrected chi connectivity index (χ4v) is 2.60. The zero-order valence-corrected chi connectivity index (χ0v) is 13.4. The standard InChI is InChI=1S/C16H15BrClNO/c1-2-14(11-7-4-3-5-8-11)19-16(20)12-9-6-10-13(17)15(12)18/h3-10,14H,2H2,1H3,(H,19,20). The topological polar surface area (TPSA) is 29.1 Å². The molecule has 2 aromatic carbocycles. The number of hydrogen-bond donors (Lipinski definition) is 1. The molecule has 0 aliphatic rings. The van der Waals surface area contributed by atoms with E-state index in [1.54, 1.807) is 12.1 Å². The molecule has 0 aliphatic carbocycles. The fourth-order valence-electron chi connectivity index (χ4n) is 2.02. The first-order valence-corrected chi connectivity index (χ1v) is 7.60. The number of halogens is 2. The monoisotopic (exact) mass is 351 g/mol. The van der Waals surface area contributed by atoms with Gasteiger partial charge in [-0.3, -0.25) is 4.79 Å². The summed E-state index contributed by atoms with van der Waals surface area (Å²) in [5.74, 6) is -0.160. The molecule has 0 heterocycles. The summed E-state index contributed by atoms with van der Waals surface area (Å²) in [6, 6.07) is 15.2. The minimum absolute atomic E-state index is 0.0150. The summed E-state index contributed by atoms with van der Waals surface area (Å²) in [6.45, 7) is 2.04. The lowest BCUT2D eigenvalue weighted by atomic mass is 10.0. The average molecular weight is 353 g/mol. The fraction of sp³-hybridized carbons (Fsp3) is 0.188. The van der Waals surface area contributed by atoms with Gasteiger partial charge >= 0.3 is 0 Å². The van der Waals surface area contributed by atoms with Gasteiger partial charge in [-0.15, -0.1) is 0 Å². The zero-order valence-electron chi connectivity index (χ0n) is 11.1. The first-order chi connectivity index (χ1) is 9.63. The predicted octanol–water partition coefficient (Wildman–Crippen LogP) is 4.98. The lowest BCUT2D eigenvalue weighted by Crippen LogP contribution is -2.28. The van der Waals surface area contributed by atoms with Crippen LogP contribution in [0.4, 0.5) is 0 Å². The maximum absolute atomic E-state index is 12.3. The first-order valence-electron chi connectivity index (χ1n) is 6.43. The molecule has 0 radical (unpaired) electrons. The smallest absolute Gasteiger partial charge is 0.253 e. The van der Waals surface area contributed by atoms with Gasteiger partial charge in [-0.1, -0.05) is 54.9 Å². The quantitative estimate of drug-likeness (QED) is 0.825. The van der Waals surface area contributed by atoms with Crippen molar-refractivity contribution in [2.45, 2.75) is 19.4 Å². The van der Waals surface area contributed by atoms with E-state index in [0.717, 1.165) is 16.5 Å². The van der Waals surface area contributed by atoms with E-state index in [-0.39, 0.29) is 11.9 Å². The highest BCUT2D eigenvalue weighted by Gasteiger charge is 2.16. The van der Waals surface area contributed by atoms with Crippen LogP contribution in [-0.2, 0) is 0 Å². The second kappa shape index (κ2) is 6.91. The number of hydrogen-bond acceptors (Lipinski definition) is 1. The van der Waals surface area contributed by atoms with Gasteiger partial charge in [-0.2, -0.15) is 0 Å². The molecular weight excluding hydrogens is 338 g/mol. The Balaban J connectivity index is 2.20. The maximum Gasteiger partial charge on any atom is 0.253 e. The third kappa shape index (κ3) is 3.41. The van der Waals surface area contributed by atoms with Crippen LogP contribution in [0.15, 0.2) is 53.0 Å². The number of benzene rings is 2. The summed E-state index contributed by atoms with van der Waals surface area (Å²) < 4.78 is 0.722. The Labute approximate surface area is 132 Å². The second-order valence-corrected chi connectivity index (χ2v) is 5.68. The summed E-state index contributed by atoms with van der Waals surface area (Å²) in [5.41, 5.74) is 1.57. The molecule has 1 unspecified atom stereocenters. The van der Waals surface area contributed by atoms with E-state index < -0.39 is 0 Å². The summed E-state index contributed by atoms with van der Waals surface area (Å²) in [4.78, 5) is 12.3. The molecule has 0 aromatic heterocycles. The normalized spacial score (nSPS) is 11.9. The molecule has 2 aromatic rings. The van der Waals surface area contributed by atoms with Crippen molar-refractivity contribution < 1.29 is 4.79 Å². The molecule has 1 amide bonds. The molecule has 1 atom stereocenters. The van der Waals surface area contributed by atoms with Crippen molar-refractivity contribution in [3.8, 4) is 0 Å². The molecule has 2 nitrogen and oxygen atoms in total. The Morgan fingerprint density at radius 3 is 2.55 bits per heavy atom. The Kier molecular flexibility index (Phi) is 5.21. The van der Waals surface area contributed by atoms with Gasteiger partial charge in [0.15, 0.2) is 0 Å². The van der Waals surface area contributed by atoms with Crippen molar-refractivity contribution in [1.29, 1.82) is 0 Å². The van der Waals surface area contributed by atoms with Crippen LogP contribution in [0.25, 0.3) is 0 Å². The molecule has 4 heteroatoms. The van der Waals surface area contributed by atoms with Gasteiger partial charge in [-0.05, 0) is 40.0 Å². The zero-order chi connectivity index (χ0) is 14.5. The van der Waals surface area contributed by atoms with Gasteiger partial charge in [0.05, 0.1) is 16.6 Å². The molecule has 2 rings (SSSR count). The highest BCUT2D eigenvalue weighted by Crippen LogP contribution is 2.26. The predicted molar refractivity (Wildman–Crippen MR) is 86.1 cm³/mol. The van der Waals surface area contributed by atoms with E-state index >= 15 is 0 Å². The van der Waals surface area contributed by atoms with Gasteiger partial charge < -0.3 is 5.32 Å². The lowest BCUT2D eigenvalue weighted by Gasteiger charge is -2.18. The lowest BCUT2D eigenvalue weighted by molar-refractivity contribution is 0.0935. The summed E-state index contributed by atoms with van der Waals surface area (Å²) in [7, 11) is 0. The number of carbonyl (C=O) groups excluding carboxylic acids is 1. The number of rotatable bonds is 4. The van der Waals surface area contributed by atoms with Crippen LogP contribution in [0.2, 0.25) is 5.02 Å². The number of nitrogens with one attached hydrogen (secondary N) is 1. The van der Waals surface area contributed by atoms with Crippen LogP contribution >= 0.6 is 27.5 Å². The number of amides is 1. The van der Waals surface area contributed by atoms with E-state index in [2.05, 4.69) is 21.2 Å². The van der Waals surface area contributed by atoms with Crippen molar-refractivity contribution in [3.05, 3.63) is 69.2 Å². The molecule has 1 N–H and O–H groups in total. The molecule has 0 fully saturated rings. The van der Waals surface area contributed by atoms with E-state index in [4.69, 9.17) is 11.6 Å². The van der Waals surface area contributed by atoms with Crippen LogP contribution in [-0.4, -0.2) is 5.91 Å². The van der Waals surface area contributed by atoms with Crippen molar-refractivity contribution in [2.24, 2.45) is 0 Å². The van der Waals surface area contributed by atoms with Gasteiger partial charge in [0.25, 0.3) is 5.91 Å². The first kappa shape index (κ1) is 15.1. The van der Waals surface area contributed by atoms with Crippen molar-refractivity contribution in [2.75, 3.05) is 0 Å². The molecule has 0 saturated carbocycles. The third-order valence-electron chi connectivity index (χ3n) is 3.11. The van der Waals surface area contributed by atoms with Crippen molar-refractivity contribution in [3.63, 3.8) is 0 Å². The van der Waals surface area contributed by atoms with Gasteiger partial charge in [0, 0.05) is 4.47 Å². The SMILES string of the molecule is CCC(NC(=O)c1cccc(Br)c1Cl)c1ccccc1. The minimum Gasteiger partial charge on any atom is -0.345 e. The van der Waals surface area contributed by atoms with E-state index in [1.165, 1.54) is 0 Å². The molecule has 104 valence electrons. The highest BCUT2D eigenvalue weighted by molar-refractivity contribution is 9.10. The van der Waals surface area contributed by atoms with Gasteiger partial charge in [-0.25, -0.2) is 0 Å². The Morgan fingerprint density at radius 2 is 1.90 bits per heavy atom. The van der Waals surface area contributed by atoms with Crippen molar-refractivity contribution >= 4 is 33.4 Å². The largest absolute Gasteiger partial charge is 0.345 e. The van der Waals surface area contributed by atoms with Crippen molar-refractivity contribution in [1.82, 2.24) is 5.32 Å². The Hall–Kier alpha value is -1.32. The van der Waals surface area contributed by atoms with Gasteiger partial charge in [0.1, 0.15) is 0 Å². The molecular formula is C16H15BrClNO. The van der Waals surface area contributed by atoms with Gasteiger partial charge in [0.2, 0.25) is 0 Å². The minimum atomic E-state index is -0.160. The number of carbonyl (C=O) groups is 1. The molecule has 0 saturated heterocycles. The molecule has 0 aliphatic heterocycles. The highest BCUT2D eigenvalue weighted by atomic mass is 79.9. The second-order valence-electron chi connectivity index (χ2n) is 4.45. The summed E-state index contributed by atoms with van der Waals surface area (Å²) >= 11 is 9.48. The molecule has 20 heavy (non-hydrogen) atoms. The van der Waals surface area contributed by atoms with Crippen LogP contribution in [0.5, 0.6) is 0 Å². The summed E-state index contributed by atoms with van der Waals surface area (Å²) in [6.07, 6.45) is 0.821. The maximum atomic E-state index is 12.3. The Morgan fingerprint density at radius 1 is 1.20 bits per heavy atom. The van der Waals surface area contributed by atoms with E-state index in [9.17, 15) is 4.79 Å².